The van der Waals surface area contributed by atoms with Gasteiger partial charge in [-0.15, -0.1) is 0 Å². The molecule has 0 atom stereocenters. The Morgan fingerprint density at radius 2 is 1.39 bits per heavy atom. The third kappa shape index (κ3) is 5.33. The summed E-state index contributed by atoms with van der Waals surface area (Å²) in [6, 6.07) is 14.5. The molecule has 2 aromatic rings. The highest BCUT2D eigenvalue weighted by molar-refractivity contribution is 5.87. The van der Waals surface area contributed by atoms with Crippen LogP contribution in [0.1, 0.15) is 42.1 Å². The molecule has 0 saturated carbocycles. The molecule has 0 fully saturated rings. The van der Waals surface area contributed by atoms with Gasteiger partial charge in [-0.1, -0.05) is 26.0 Å². The minimum Gasteiger partial charge on any atom is -0.493 e. The van der Waals surface area contributed by atoms with Gasteiger partial charge in [0.25, 0.3) is 0 Å². The SMILES string of the molecule is CC(C)c1ccc(OCCCOc2ccc(C(=O)O)cc2)cc1. The molecule has 2 aromatic carbocycles. The molecule has 0 unspecified atom stereocenters. The minimum atomic E-state index is -0.937. The Kier molecular flexibility index (Phi) is 6.03. The van der Waals surface area contributed by atoms with Gasteiger partial charge in [-0.05, 0) is 47.9 Å². The quantitative estimate of drug-likeness (QED) is 0.736. The Labute approximate surface area is 136 Å². The summed E-state index contributed by atoms with van der Waals surface area (Å²) in [5.41, 5.74) is 1.55. The lowest BCUT2D eigenvalue weighted by atomic mass is 10.0. The zero-order chi connectivity index (χ0) is 16.7. The van der Waals surface area contributed by atoms with Crippen molar-refractivity contribution in [3.63, 3.8) is 0 Å². The van der Waals surface area contributed by atoms with Crippen LogP contribution in [0.5, 0.6) is 11.5 Å². The van der Waals surface area contributed by atoms with E-state index in [1.807, 2.05) is 12.1 Å². The lowest BCUT2D eigenvalue weighted by molar-refractivity contribution is 0.0697. The summed E-state index contributed by atoms with van der Waals surface area (Å²) in [6.07, 6.45) is 0.757. The summed E-state index contributed by atoms with van der Waals surface area (Å²) >= 11 is 0. The average molecular weight is 314 g/mol. The summed E-state index contributed by atoms with van der Waals surface area (Å²) in [7, 11) is 0. The molecule has 0 spiro atoms. The number of carbonyl (C=O) groups is 1. The summed E-state index contributed by atoms with van der Waals surface area (Å²) in [5, 5.41) is 8.82. The molecule has 0 aromatic heterocycles. The highest BCUT2D eigenvalue weighted by Crippen LogP contribution is 2.18. The fourth-order valence-electron chi connectivity index (χ4n) is 2.08. The molecule has 0 radical (unpaired) electrons. The molecule has 0 amide bonds. The molecule has 23 heavy (non-hydrogen) atoms. The summed E-state index contributed by atoms with van der Waals surface area (Å²) in [4.78, 5) is 10.7. The van der Waals surface area contributed by atoms with Crippen molar-refractivity contribution in [2.45, 2.75) is 26.2 Å². The third-order valence-electron chi connectivity index (χ3n) is 3.47. The van der Waals surface area contributed by atoms with Crippen LogP contribution in [-0.2, 0) is 0 Å². The highest BCUT2D eigenvalue weighted by atomic mass is 16.5. The van der Waals surface area contributed by atoms with Crippen molar-refractivity contribution in [3.05, 3.63) is 59.7 Å². The Morgan fingerprint density at radius 3 is 1.83 bits per heavy atom. The van der Waals surface area contributed by atoms with E-state index in [1.54, 1.807) is 12.1 Å². The van der Waals surface area contributed by atoms with E-state index >= 15 is 0 Å². The van der Waals surface area contributed by atoms with Gasteiger partial charge in [-0.3, -0.25) is 0 Å². The van der Waals surface area contributed by atoms with Crippen LogP contribution in [0, 0.1) is 0 Å². The topological polar surface area (TPSA) is 55.8 Å². The predicted molar refractivity (Wildman–Crippen MR) is 89.5 cm³/mol. The van der Waals surface area contributed by atoms with Crippen molar-refractivity contribution in [2.24, 2.45) is 0 Å². The predicted octanol–water partition coefficient (Wildman–Crippen LogP) is 4.36. The lowest BCUT2D eigenvalue weighted by Gasteiger charge is -2.10. The fraction of sp³-hybridized carbons (Fsp3) is 0.316. The number of rotatable bonds is 8. The summed E-state index contributed by atoms with van der Waals surface area (Å²) < 4.78 is 11.2. The molecule has 0 saturated heterocycles. The second kappa shape index (κ2) is 8.22. The maximum Gasteiger partial charge on any atom is 0.335 e. The van der Waals surface area contributed by atoms with Crippen LogP contribution in [0.3, 0.4) is 0 Å². The average Bonchev–Trinajstić information content (AvgIpc) is 2.55. The van der Waals surface area contributed by atoms with Gasteiger partial charge in [-0.25, -0.2) is 4.79 Å². The Morgan fingerprint density at radius 1 is 0.913 bits per heavy atom. The molecular formula is C19H22O4. The molecule has 0 heterocycles. The van der Waals surface area contributed by atoms with Crippen LogP contribution in [0.15, 0.2) is 48.5 Å². The van der Waals surface area contributed by atoms with Gasteiger partial charge in [0, 0.05) is 6.42 Å². The van der Waals surface area contributed by atoms with Crippen molar-refractivity contribution in [2.75, 3.05) is 13.2 Å². The molecule has 0 aliphatic carbocycles. The van der Waals surface area contributed by atoms with Gasteiger partial charge in [0.05, 0.1) is 18.8 Å². The van der Waals surface area contributed by atoms with Gasteiger partial charge in [0.2, 0.25) is 0 Å². The van der Waals surface area contributed by atoms with Crippen LogP contribution in [0.25, 0.3) is 0 Å². The largest absolute Gasteiger partial charge is 0.493 e. The smallest absolute Gasteiger partial charge is 0.335 e. The number of benzene rings is 2. The van der Waals surface area contributed by atoms with Gasteiger partial charge in [0.15, 0.2) is 0 Å². The summed E-state index contributed by atoms with van der Waals surface area (Å²) in [5.74, 6) is 1.11. The minimum absolute atomic E-state index is 0.255. The number of hydrogen-bond donors (Lipinski definition) is 1. The molecule has 1 N–H and O–H groups in total. The maximum atomic E-state index is 10.7. The van der Waals surface area contributed by atoms with Crippen LogP contribution in [-0.4, -0.2) is 24.3 Å². The van der Waals surface area contributed by atoms with Crippen LogP contribution < -0.4 is 9.47 Å². The van der Waals surface area contributed by atoms with Gasteiger partial charge in [0.1, 0.15) is 11.5 Å². The van der Waals surface area contributed by atoms with E-state index in [9.17, 15) is 4.79 Å². The van der Waals surface area contributed by atoms with Crippen molar-refractivity contribution in [3.8, 4) is 11.5 Å². The van der Waals surface area contributed by atoms with Crippen LogP contribution in [0.2, 0.25) is 0 Å². The van der Waals surface area contributed by atoms with E-state index in [-0.39, 0.29) is 5.56 Å². The monoisotopic (exact) mass is 314 g/mol. The summed E-state index contributed by atoms with van der Waals surface area (Å²) in [6.45, 7) is 5.43. The first-order valence-corrected chi connectivity index (χ1v) is 7.75. The zero-order valence-corrected chi connectivity index (χ0v) is 13.5. The molecular weight excluding hydrogens is 292 g/mol. The molecule has 0 aliphatic heterocycles. The Bertz CT molecular complexity index is 615. The van der Waals surface area contributed by atoms with Crippen molar-refractivity contribution in [1.29, 1.82) is 0 Å². The fourth-order valence-corrected chi connectivity index (χ4v) is 2.08. The maximum absolute atomic E-state index is 10.7. The van der Waals surface area contributed by atoms with Gasteiger partial charge < -0.3 is 14.6 Å². The molecule has 0 bridgehead atoms. The zero-order valence-electron chi connectivity index (χ0n) is 13.5. The van der Waals surface area contributed by atoms with E-state index in [4.69, 9.17) is 14.6 Å². The van der Waals surface area contributed by atoms with E-state index in [0.717, 1.165) is 12.2 Å². The van der Waals surface area contributed by atoms with E-state index in [1.165, 1.54) is 17.7 Å². The van der Waals surface area contributed by atoms with Gasteiger partial charge in [-0.2, -0.15) is 0 Å². The molecule has 2 rings (SSSR count). The van der Waals surface area contributed by atoms with Crippen molar-refractivity contribution < 1.29 is 19.4 Å². The second-order valence-electron chi connectivity index (χ2n) is 5.60. The number of hydrogen-bond acceptors (Lipinski definition) is 3. The van der Waals surface area contributed by atoms with Crippen molar-refractivity contribution >= 4 is 5.97 Å². The van der Waals surface area contributed by atoms with E-state index < -0.39 is 5.97 Å². The number of aromatic carboxylic acids is 1. The van der Waals surface area contributed by atoms with Crippen LogP contribution >= 0.6 is 0 Å². The number of ether oxygens (including phenoxy) is 2. The first-order valence-electron chi connectivity index (χ1n) is 7.75. The molecule has 4 nitrogen and oxygen atoms in total. The van der Waals surface area contributed by atoms with E-state index in [0.29, 0.717) is 24.9 Å². The molecule has 4 heteroatoms. The number of carboxylic acid groups (broad SMARTS) is 1. The standard InChI is InChI=1S/C19H22O4/c1-14(2)15-4-8-17(9-5-15)22-12-3-13-23-18-10-6-16(7-11-18)19(20)21/h4-11,14H,3,12-13H2,1-2H3,(H,20,21). The molecule has 122 valence electrons. The Hall–Kier alpha value is -2.49. The highest BCUT2D eigenvalue weighted by Gasteiger charge is 2.02. The molecule has 0 aliphatic rings. The number of carboxylic acids is 1. The lowest BCUT2D eigenvalue weighted by Crippen LogP contribution is -2.05. The van der Waals surface area contributed by atoms with Crippen molar-refractivity contribution in [1.82, 2.24) is 0 Å². The third-order valence-corrected chi connectivity index (χ3v) is 3.47. The van der Waals surface area contributed by atoms with Crippen LogP contribution in [0.4, 0.5) is 0 Å². The van der Waals surface area contributed by atoms with E-state index in [2.05, 4.69) is 26.0 Å². The first-order chi connectivity index (χ1) is 11.1. The normalized spacial score (nSPS) is 10.6. The first kappa shape index (κ1) is 16.9. The second-order valence-corrected chi connectivity index (χ2v) is 5.60. The Balaban J connectivity index is 1.68. The van der Waals surface area contributed by atoms with Gasteiger partial charge >= 0.3 is 5.97 Å².